The molecule has 2 heterocycles. The number of likely N-dealkylation sites (N-methyl/N-ethyl adjacent to an activating group) is 1. The van der Waals surface area contributed by atoms with Crippen LogP contribution in [0.25, 0.3) is 0 Å². The molecule has 1 aromatic rings. The Morgan fingerprint density at radius 3 is 2.77 bits per heavy atom. The maximum Gasteiger partial charge on any atom is 0.147 e. The van der Waals surface area contributed by atoms with E-state index in [0.29, 0.717) is 0 Å². The van der Waals surface area contributed by atoms with E-state index in [0.717, 1.165) is 44.2 Å². The molecule has 0 fully saturated rings. The number of aryl methyl sites for hydroxylation is 1. The number of hydrogen-bond acceptors (Lipinski definition) is 3. The van der Waals surface area contributed by atoms with Gasteiger partial charge < -0.3 is 4.57 Å². The summed E-state index contributed by atoms with van der Waals surface area (Å²) in [5, 5.41) is 8.37. The van der Waals surface area contributed by atoms with Crippen molar-refractivity contribution in [1.82, 2.24) is 19.7 Å². The fourth-order valence-electron chi connectivity index (χ4n) is 1.80. The van der Waals surface area contributed by atoms with Crippen molar-refractivity contribution in [3.8, 4) is 0 Å². The van der Waals surface area contributed by atoms with Crippen LogP contribution in [0.15, 0.2) is 0 Å². The molecule has 1 aromatic heterocycles. The number of rotatable bonds is 2. The SMILES string of the molecule is CCc1nnc2n1CCN(CC)C2. The first-order valence-electron chi connectivity index (χ1n) is 4.98. The molecular weight excluding hydrogens is 164 g/mol. The van der Waals surface area contributed by atoms with E-state index in [9.17, 15) is 0 Å². The highest BCUT2D eigenvalue weighted by Gasteiger charge is 2.18. The standard InChI is InChI=1S/C9H16N4/c1-3-8-10-11-9-7-12(4-2)5-6-13(8)9/h3-7H2,1-2H3. The zero-order valence-electron chi connectivity index (χ0n) is 8.32. The summed E-state index contributed by atoms with van der Waals surface area (Å²) in [6, 6.07) is 0. The lowest BCUT2D eigenvalue weighted by Crippen LogP contribution is -2.34. The molecule has 0 amide bonds. The second-order valence-corrected chi connectivity index (χ2v) is 3.41. The summed E-state index contributed by atoms with van der Waals surface area (Å²) >= 11 is 0. The van der Waals surface area contributed by atoms with Crippen LogP contribution < -0.4 is 0 Å². The molecule has 1 aliphatic heterocycles. The Morgan fingerprint density at radius 1 is 1.23 bits per heavy atom. The fraction of sp³-hybridized carbons (Fsp3) is 0.778. The summed E-state index contributed by atoms with van der Waals surface area (Å²) in [6.07, 6.45) is 0.985. The highest BCUT2D eigenvalue weighted by Crippen LogP contribution is 2.11. The van der Waals surface area contributed by atoms with Gasteiger partial charge in [0.1, 0.15) is 11.6 Å². The van der Waals surface area contributed by atoms with Gasteiger partial charge in [-0.1, -0.05) is 13.8 Å². The van der Waals surface area contributed by atoms with E-state index < -0.39 is 0 Å². The van der Waals surface area contributed by atoms with Gasteiger partial charge in [0.15, 0.2) is 0 Å². The average molecular weight is 180 g/mol. The predicted octanol–water partition coefficient (Wildman–Crippen LogP) is 0.676. The van der Waals surface area contributed by atoms with Crippen LogP contribution in [0, 0.1) is 0 Å². The lowest BCUT2D eigenvalue weighted by molar-refractivity contribution is 0.226. The molecule has 0 radical (unpaired) electrons. The monoisotopic (exact) mass is 180 g/mol. The summed E-state index contributed by atoms with van der Waals surface area (Å²) in [5.74, 6) is 2.26. The fourth-order valence-corrected chi connectivity index (χ4v) is 1.80. The molecule has 0 aliphatic carbocycles. The van der Waals surface area contributed by atoms with Gasteiger partial charge in [-0.25, -0.2) is 0 Å². The molecule has 1 aliphatic rings. The van der Waals surface area contributed by atoms with Gasteiger partial charge in [-0.2, -0.15) is 0 Å². The van der Waals surface area contributed by atoms with Crippen molar-refractivity contribution in [3.05, 3.63) is 11.6 Å². The van der Waals surface area contributed by atoms with Crippen LogP contribution in [0.3, 0.4) is 0 Å². The Bertz CT molecular complexity index is 292. The quantitative estimate of drug-likeness (QED) is 0.671. The molecule has 0 bridgehead atoms. The summed E-state index contributed by atoms with van der Waals surface area (Å²) < 4.78 is 2.26. The van der Waals surface area contributed by atoms with E-state index in [-0.39, 0.29) is 0 Å². The summed E-state index contributed by atoms with van der Waals surface area (Å²) in [7, 11) is 0. The zero-order valence-corrected chi connectivity index (χ0v) is 8.32. The number of aromatic nitrogens is 3. The maximum atomic E-state index is 4.20. The molecule has 0 unspecified atom stereocenters. The molecule has 0 saturated heterocycles. The van der Waals surface area contributed by atoms with Crippen LogP contribution in [-0.4, -0.2) is 32.8 Å². The molecular formula is C9H16N4. The van der Waals surface area contributed by atoms with E-state index in [1.165, 1.54) is 0 Å². The van der Waals surface area contributed by atoms with Crippen LogP contribution in [0.5, 0.6) is 0 Å². The summed E-state index contributed by atoms with van der Waals surface area (Å²) in [4.78, 5) is 2.39. The van der Waals surface area contributed by atoms with Crippen molar-refractivity contribution >= 4 is 0 Å². The van der Waals surface area contributed by atoms with E-state index in [2.05, 4.69) is 33.5 Å². The van der Waals surface area contributed by atoms with Gasteiger partial charge >= 0.3 is 0 Å². The molecule has 13 heavy (non-hydrogen) atoms. The van der Waals surface area contributed by atoms with E-state index in [4.69, 9.17) is 0 Å². The molecule has 0 spiro atoms. The zero-order chi connectivity index (χ0) is 9.26. The average Bonchev–Trinajstić information content (AvgIpc) is 2.59. The Morgan fingerprint density at radius 2 is 2.08 bits per heavy atom. The second kappa shape index (κ2) is 3.46. The molecule has 2 rings (SSSR count). The third kappa shape index (κ3) is 1.46. The van der Waals surface area contributed by atoms with Gasteiger partial charge in [-0.15, -0.1) is 10.2 Å². The largest absolute Gasteiger partial charge is 0.313 e. The van der Waals surface area contributed by atoms with Crippen molar-refractivity contribution in [2.45, 2.75) is 33.4 Å². The molecule has 72 valence electrons. The van der Waals surface area contributed by atoms with Gasteiger partial charge in [-0.3, -0.25) is 4.90 Å². The Balaban J connectivity index is 2.22. The van der Waals surface area contributed by atoms with Crippen molar-refractivity contribution in [2.24, 2.45) is 0 Å². The summed E-state index contributed by atoms with van der Waals surface area (Å²) in [5.41, 5.74) is 0. The maximum absolute atomic E-state index is 4.20. The lowest BCUT2D eigenvalue weighted by atomic mass is 10.3. The molecule has 0 aromatic carbocycles. The van der Waals surface area contributed by atoms with E-state index >= 15 is 0 Å². The van der Waals surface area contributed by atoms with Gasteiger partial charge in [0, 0.05) is 19.5 Å². The second-order valence-electron chi connectivity index (χ2n) is 3.41. The molecule has 0 saturated carbocycles. The van der Waals surface area contributed by atoms with Gasteiger partial charge in [-0.05, 0) is 6.54 Å². The highest BCUT2D eigenvalue weighted by atomic mass is 15.3. The minimum absolute atomic E-state index is 0.962. The predicted molar refractivity (Wildman–Crippen MR) is 50.4 cm³/mol. The minimum atomic E-state index is 0.962. The van der Waals surface area contributed by atoms with E-state index in [1.54, 1.807) is 0 Å². The van der Waals surface area contributed by atoms with Crippen molar-refractivity contribution in [3.63, 3.8) is 0 Å². The van der Waals surface area contributed by atoms with Crippen LogP contribution >= 0.6 is 0 Å². The van der Waals surface area contributed by atoms with Gasteiger partial charge in [0.25, 0.3) is 0 Å². The Hall–Kier alpha value is -0.900. The number of fused-ring (bicyclic) bond motifs is 1. The first-order chi connectivity index (χ1) is 6.35. The van der Waals surface area contributed by atoms with Crippen LogP contribution in [-0.2, 0) is 19.5 Å². The number of nitrogens with zero attached hydrogens (tertiary/aromatic N) is 4. The first-order valence-corrected chi connectivity index (χ1v) is 4.98. The van der Waals surface area contributed by atoms with Crippen molar-refractivity contribution in [2.75, 3.05) is 13.1 Å². The molecule has 0 atom stereocenters. The van der Waals surface area contributed by atoms with Gasteiger partial charge in [0.05, 0.1) is 6.54 Å². The third-order valence-electron chi connectivity index (χ3n) is 2.67. The molecule has 4 heteroatoms. The lowest BCUT2D eigenvalue weighted by Gasteiger charge is -2.26. The van der Waals surface area contributed by atoms with Crippen LogP contribution in [0.4, 0.5) is 0 Å². The molecule has 4 nitrogen and oxygen atoms in total. The summed E-state index contributed by atoms with van der Waals surface area (Å²) in [6.45, 7) is 8.57. The van der Waals surface area contributed by atoms with Crippen LogP contribution in [0.2, 0.25) is 0 Å². The molecule has 0 N–H and O–H groups in total. The Kier molecular flexibility index (Phi) is 2.31. The van der Waals surface area contributed by atoms with Crippen molar-refractivity contribution in [1.29, 1.82) is 0 Å². The van der Waals surface area contributed by atoms with Crippen LogP contribution in [0.1, 0.15) is 25.5 Å². The smallest absolute Gasteiger partial charge is 0.147 e. The Labute approximate surface area is 78.6 Å². The number of hydrogen-bond donors (Lipinski definition) is 0. The normalized spacial score (nSPS) is 17.4. The highest BCUT2D eigenvalue weighted by molar-refractivity contribution is 4.98. The minimum Gasteiger partial charge on any atom is -0.313 e. The third-order valence-corrected chi connectivity index (χ3v) is 2.67. The van der Waals surface area contributed by atoms with Crippen molar-refractivity contribution < 1.29 is 0 Å². The first kappa shape index (κ1) is 8.69. The topological polar surface area (TPSA) is 34.0 Å². The van der Waals surface area contributed by atoms with E-state index in [1.807, 2.05) is 0 Å². The van der Waals surface area contributed by atoms with Gasteiger partial charge in [0.2, 0.25) is 0 Å².